The average Bonchev–Trinajstić information content (AvgIpc) is 2.77. The van der Waals surface area contributed by atoms with Crippen LogP contribution in [0.2, 0.25) is 0 Å². The number of anilines is 1. The minimum absolute atomic E-state index is 0.0572. The van der Waals surface area contributed by atoms with Crippen molar-refractivity contribution in [3.8, 4) is 0 Å². The molecule has 0 aliphatic heterocycles. The zero-order valence-electron chi connectivity index (χ0n) is 9.43. The fourth-order valence-electron chi connectivity index (χ4n) is 1.32. The number of nitrogen functional groups attached to an aromatic ring is 1. The van der Waals surface area contributed by atoms with Crippen LogP contribution in [0.4, 0.5) is 5.82 Å². The number of nitrogens with zero attached hydrogens (tertiary/aromatic N) is 3. The number of imidazole rings is 1. The van der Waals surface area contributed by atoms with Crippen molar-refractivity contribution in [3.05, 3.63) is 12.2 Å². The van der Waals surface area contributed by atoms with Crippen LogP contribution in [-0.4, -0.2) is 32.5 Å². The quantitative estimate of drug-likeness (QED) is 0.602. The first-order chi connectivity index (χ1) is 8.22. The van der Waals surface area contributed by atoms with E-state index >= 15 is 0 Å². The highest BCUT2D eigenvalue weighted by molar-refractivity contribution is 5.90. The summed E-state index contributed by atoms with van der Waals surface area (Å²) in [4.78, 5) is 26.2. The molecule has 0 saturated heterocycles. The topological polar surface area (TPSA) is 107 Å². The Hall–Kier alpha value is -2.18. The smallest absolute Gasteiger partial charge is 0.376 e. The van der Waals surface area contributed by atoms with E-state index in [1.165, 1.54) is 6.33 Å². The van der Waals surface area contributed by atoms with Crippen molar-refractivity contribution in [1.29, 1.82) is 0 Å². The molecule has 0 spiro atoms. The summed E-state index contributed by atoms with van der Waals surface area (Å²) in [7, 11) is 0. The average molecular weight is 235 g/mol. The lowest BCUT2D eigenvalue weighted by Gasteiger charge is -2.03. The first kappa shape index (κ1) is 11.3. The van der Waals surface area contributed by atoms with E-state index in [-0.39, 0.29) is 11.6 Å². The molecule has 0 unspecified atom stereocenters. The fraction of sp³-hybridized carbons (Fsp3) is 0.400. The first-order valence-corrected chi connectivity index (χ1v) is 5.36. The molecule has 2 heterocycles. The van der Waals surface area contributed by atoms with Gasteiger partial charge in [0.05, 0.1) is 12.9 Å². The molecule has 2 aromatic heterocycles. The molecule has 3 N–H and O–H groups in total. The summed E-state index contributed by atoms with van der Waals surface area (Å²) in [5.41, 5.74) is 6.55. The second kappa shape index (κ2) is 4.77. The Bertz CT molecular complexity index is 536. The maximum Gasteiger partial charge on any atom is 0.376 e. The fourth-order valence-corrected chi connectivity index (χ4v) is 1.32. The van der Waals surface area contributed by atoms with Gasteiger partial charge >= 0.3 is 5.97 Å². The number of rotatable bonds is 4. The molecule has 0 aliphatic carbocycles. The number of nitrogens with two attached hydrogens (primary N) is 1. The van der Waals surface area contributed by atoms with Crippen molar-refractivity contribution in [1.82, 2.24) is 19.9 Å². The number of nitrogens with one attached hydrogen (secondary N) is 1. The van der Waals surface area contributed by atoms with Crippen molar-refractivity contribution >= 4 is 23.0 Å². The third-order valence-corrected chi connectivity index (χ3v) is 2.23. The summed E-state index contributed by atoms with van der Waals surface area (Å²) in [6, 6.07) is 0. The molecule has 0 amide bonds. The molecular formula is C10H13N5O2. The van der Waals surface area contributed by atoms with E-state index in [1.54, 1.807) is 0 Å². The van der Waals surface area contributed by atoms with Crippen molar-refractivity contribution in [2.24, 2.45) is 0 Å². The number of ether oxygens (including phenoxy) is 1. The molecule has 0 radical (unpaired) electrons. The van der Waals surface area contributed by atoms with Crippen LogP contribution in [0, 0.1) is 0 Å². The number of H-pyrrole nitrogens is 1. The largest absolute Gasteiger partial charge is 0.460 e. The number of carbonyl (C=O) groups is 1. The first-order valence-electron chi connectivity index (χ1n) is 5.36. The zero-order chi connectivity index (χ0) is 12.3. The maximum atomic E-state index is 11.6. The summed E-state index contributed by atoms with van der Waals surface area (Å²) in [6.07, 6.45) is 3.21. The molecule has 2 aromatic rings. The molecule has 0 aromatic carbocycles. The molecule has 2 rings (SSSR count). The summed E-state index contributed by atoms with van der Waals surface area (Å²) < 4.78 is 4.99. The Morgan fingerprint density at radius 3 is 3.12 bits per heavy atom. The Labute approximate surface area is 97.4 Å². The molecule has 0 saturated carbocycles. The number of hydrogen-bond acceptors (Lipinski definition) is 6. The molecule has 7 heteroatoms. The lowest BCUT2D eigenvalue weighted by Crippen LogP contribution is -2.12. The van der Waals surface area contributed by atoms with Gasteiger partial charge in [0.2, 0.25) is 5.82 Å². The summed E-state index contributed by atoms with van der Waals surface area (Å²) in [6.45, 7) is 2.37. The van der Waals surface area contributed by atoms with Crippen LogP contribution in [0.15, 0.2) is 6.33 Å². The molecule has 0 fully saturated rings. The predicted molar refractivity (Wildman–Crippen MR) is 61.3 cm³/mol. The van der Waals surface area contributed by atoms with Crippen LogP contribution in [0.5, 0.6) is 0 Å². The molecule has 0 aliphatic rings. The van der Waals surface area contributed by atoms with Crippen molar-refractivity contribution < 1.29 is 9.53 Å². The number of aromatic amines is 1. The second-order valence-corrected chi connectivity index (χ2v) is 3.52. The second-order valence-electron chi connectivity index (χ2n) is 3.52. The van der Waals surface area contributed by atoms with Gasteiger partial charge < -0.3 is 15.5 Å². The molecule has 7 nitrogen and oxygen atoms in total. The predicted octanol–water partition coefficient (Wildman–Crippen LogP) is 0.892. The highest BCUT2D eigenvalue weighted by Gasteiger charge is 2.15. The third kappa shape index (κ3) is 2.32. The van der Waals surface area contributed by atoms with Crippen molar-refractivity contribution in [2.75, 3.05) is 12.3 Å². The highest BCUT2D eigenvalue weighted by Crippen LogP contribution is 2.13. The Kier molecular flexibility index (Phi) is 3.17. The number of aromatic nitrogens is 4. The van der Waals surface area contributed by atoms with Crippen LogP contribution >= 0.6 is 0 Å². The van der Waals surface area contributed by atoms with Gasteiger partial charge in [-0.3, -0.25) is 0 Å². The van der Waals surface area contributed by atoms with Crippen LogP contribution in [-0.2, 0) is 4.74 Å². The molecular weight excluding hydrogens is 222 g/mol. The Morgan fingerprint density at radius 1 is 1.53 bits per heavy atom. The van der Waals surface area contributed by atoms with Crippen molar-refractivity contribution in [3.63, 3.8) is 0 Å². The molecule has 90 valence electrons. The van der Waals surface area contributed by atoms with Crippen LogP contribution in [0.3, 0.4) is 0 Å². The Morgan fingerprint density at radius 2 is 2.35 bits per heavy atom. The van der Waals surface area contributed by atoms with Gasteiger partial charge in [0, 0.05) is 0 Å². The zero-order valence-corrected chi connectivity index (χ0v) is 9.43. The molecule has 0 bridgehead atoms. The van der Waals surface area contributed by atoms with Gasteiger partial charge in [-0.15, -0.1) is 0 Å². The monoisotopic (exact) mass is 235 g/mol. The van der Waals surface area contributed by atoms with E-state index in [1.807, 2.05) is 6.92 Å². The normalized spacial score (nSPS) is 10.6. The summed E-state index contributed by atoms with van der Waals surface area (Å²) in [5.74, 6) is -0.441. The summed E-state index contributed by atoms with van der Waals surface area (Å²) in [5, 5.41) is 0. The lowest BCUT2D eigenvalue weighted by molar-refractivity contribution is 0.0486. The van der Waals surface area contributed by atoms with Gasteiger partial charge in [-0.2, -0.15) is 0 Å². The number of carbonyl (C=O) groups excluding carboxylic acids is 1. The van der Waals surface area contributed by atoms with Crippen LogP contribution < -0.4 is 5.73 Å². The minimum Gasteiger partial charge on any atom is -0.460 e. The van der Waals surface area contributed by atoms with E-state index in [9.17, 15) is 4.79 Å². The van der Waals surface area contributed by atoms with Crippen LogP contribution in [0.25, 0.3) is 11.2 Å². The van der Waals surface area contributed by atoms with E-state index in [0.29, 0.717) is 17.8 Å². The number of fused-ring (bicyclic) bond motifs is 1. The molecule has 17 heavy (non-hydrogen) atoms. The SMILES string of the molecule is CCCCOC(=O)c1nc(N)c2[nH]cnc2n1. The van der Waals surface area contributed by atoms with E-state index in [0.717, 1.165) is 12.8 Å². The number of esters is 1. The molecule has 0 atom stereocenters. The van der Waals surface area contributed by atoms with E-state index in [4.69, 9.17) is 10.5 Å². The van der Waals surface area contributed by atoms with Gasteiger partial charge in [0.25, 0.3) is 0 Å². The summed E-state index contributed by atoms with van der Waals surface area (Å²) >= 11 is 0. The van der Waals surface area contributed by atoms with Crippen molar-refractivity contribution in [2.45, 2.75) is 19.8 Å². The minimum atomic E-state index is -0.574. The lowest BCUT2D eigenvalue weighted by atomic mass is 10.4. The number of unbranched alkanes of at least 4 members (excludes halogenated alkanes) is 1. The van der Waals surface area contributed by atoms with Crippen LogP contribution in [0.1, 0.15) is 30.4 Å². The highest BCUT2D eigenvalue weighted by atomic mass is 16.5. The number of hydrogen-bond donors (Lipinski definition) is 2. The van der Waals surface area contributed by atoms with E-state index in [2.05, 4.69) is 19.9 Å². The standard InChI is InChI=1S/C10H13N5O2/c1-2-3-4-17-10(16)9-14-7(11)6-8(15-9)13-5-12-6/h5H,2-4H2,1H3,(H3,11,12,13,14,15). The van der Waals surface area contributed by atoms with Gasteiger partial charge in [0.15, 0.2) is 11.5 Å². The van der Waals surface area contributed by atoms with Gasteiger partial charge in [-0.05, 0) is 6.42 Å². The van der Waals surface area contributed by atoms with Gasteiger partial charge in [0.1, 0.15) is 5.52 Å². The van der Waals surface area contributed by atoms with E-state index < -0.39 is 5.97 Å². The Balaban J connectivity index is 2.20. The maximum absolute atomic E-state index is 11.6. The van der Waals surface area contributed by atoms with Gasteiger partial charge in [-0.1, -0.05) is 13.3 Å². The van der Waals surface area contributed by atoms with Gasteiger partial charge in [-0.25, -0.2) is 19.7 Å². The third-order valence-electron chi connectivity index (χ3n) is 2.23.